The average Bonchev–Trinajstić information content (AvgIpc) is 3.19. The van der Waals surface area contributed by atoms with E-state index in [2.05, 4.69) is 27.8 Å². The molecule has 2 aliphatic rings. The summed E-state index contributed by atoms with van der Waals surface area (Å²) in [6.45, 7) is 5.27. The minimum Gasteiger partial charge on any atom is -0.423 e. The van der Waals surface area contributed by atoms with E-state index in [9.17, 15) is 9.65 Å². The lowest BCUT2D eigenvalue weighted by molar-refractivity contribution is 0.473. The first-order valence-corrected chi connectivity index (χ1v) is 8.32. The molecule has 6 heteroatoms. The van der Waals surface area contributed by atoms with Crippen LogP contribution < -0.4 is 9.80 Å². The van der Waals surface area contributed by atoms with Crippen LogP contribution in [0.1, 0.15) is 30.8 Å². The molecule has 4 rings (SSSR count). The Morgan fingerprint density at radius 3 is 2.38 bits per heavy atom. The normalized spacial score (nSPS) is 23.2. The highest BCUT2D eigenvalue weighted by atomic mass is 19.1. The molecule has 0 N–H and O–H groups in total. The van der Waals surface area contributed by atoms with Crippen LogP contribution in [-0.4, -0.2) is 31.2 Å². The Kier molecular flexibility index (Phi) is 3.64. The molecule has 2 heterocycles. The predicted molar refractivity (Wildman–Crippen MR) is 88.6 cm³/mol. The molecule has 1 saturated heterocycles. The van der Waals surface area contributed by atoms with Crippen LogP contribution in [0.2, 0.25) is 0 Å². The second-order valence-electron chi connectivity index (χ2n) is 6.59. The number of oxazole rings is 1. The first-order valence-electron chi connectivity index (χ1n) is 8.32. The van der Waals surface area contributed by atoms with E-state index in [4.69, 9.17) is 4.42 Å². The van der Waals surface area contributed by atoms with Gasteiger partial charge < -0.3 is 14.2 Å². The van der Waals surface area contributed by atoms with Gasteiger partial charge in [0.1, 0.15) is 11.9 Å². The molecular formula is C18H19FN4O. The zero-order valence-corrected chi connectivity index (χ0v) is 13.6. The topological polar surface area (TPSA) is 56.3 Å². The van der Waals surface area contributed by atoms with Crippen LogP contribution >= 0.6 is 0 Å². The Morgan fingerprint density at radius 1 is 1.17 bits per heavy atom. The molecule has 1 aromatic heterocycles. The molecule has 1 aliphatic carbocycles. The zero-order valence-electron chi connectivity index (χ0n) is 13.6. The van der Waals surface area contributed by atoms with E-state index in [1.807, 2.05) is 0 Å². The lowest BCUT2D eigenvalue weighted by Crippen LogP contribution is -2.46. The summed E-state index contributed by atoms with van der Waals surface area (Å²) in [5.74, 6) is 2.05. The summed E-state index contributed by atoms with van der Waals surface area (Å²) in [5, 5.41) is 9.34. The monoisotopic (exact) mass is 326 g/mol. The molecule has 1 saturated carbocycles. The molecule has 124 valence electrons. The summed E-state index contributed by atoms with van der Waals surface area (Å²) in [6.07, 6.45) is 1.09. The second-order valence-corrected chi connectivity index (χ2v) is 6.59. The fraction of sp³-hybridized carbons (Fsp3) is 0.444. The number of benzene rings is 1. The van der Waals surface area contributed by atoms with E-state index < -0.39 is 0 Å². The fourth-order valence-electron chi connectivity index (χ4n) is 3.26. The number of piperazine rings is 1. The third kappa shape index (κ3) is 2.71. The number of nitriles is 1. The SMILES string of the molecule is CC1CC1c1nc(C#N)c(N2CCN(c3ccc(F)cc3)CC2)o1. The van der Waals surface area contributed by atoms with Crippen molar-refractivity contribution in [2.45, 2.75) is 19.3 Å². The van der Waals surface area contributed by atoms with E-state index in [1.54, 1.807) is 12.1 Å². The van der Waals surface area contributed by atoms with E-state index >= 15 is 0 Å². The van der Waals surface area contributed by atoms with Crippen molar-refractivity contribution in [2.24, 2.45) is 5.92 Å². The van der Waals surface area contributed by atoms with Gasteiger partial charge in [0.05, 0.1) is 0 Å². The molecule has 0 spiro atoms. The number of aromatic nitrogens is 1. The van der Waals surface area contributed by atoms with Crippen molar-refractivity contribution in [3.63, 3.8) is 0 Å². The van der Waals surface area contributed by atoms with E-state index in [-0.39, 0.29) is 5.82 Å². The Bertz CT molecular complexity index is 771. The summed E-state index contributed by atoms with van der Waals surface area (Å²) < 4.78 is 19.0. The van der Waals surface area contributed by atoms with Crippen LogP contribution in [0.15, 0.2) is 28.7 Å². The molecule has 0 radical (unpaired) electrons. The van der Waals surface area contributed by atoms with Gasteiger partial charge in [0.2, 0.25) is 17.5 Å². The van der Waals surface area contributed by atoms with Crippen LogP contribution in [0, 0.1) is 23.1 Å². The first kappa shape index (κ1) is 15.0. The maximum Gasteiger partial charge on any atom is 0.234 e. The van der Waals surface area contributed by atoms with E-state index in [0.29, 0.717) is 29.3 Å². The maximum atomic E-state index is 13.0. The van der Waals surface area contributed by atoms with Crippen LogP contribution in [0.25, 0.3) is 0 Å². The molecule has 5 nitrogen and oxygen atoms in total. The fourth-order valence-corrected chi connectivity index (χ4v) is 3.26. The minimum absolute atomic E-state index is 0.223. The van der Waals surface area contributed by atoms with Crippen molar-refractivity contribution in [3.05, 3.63) is 41.7 Å². The van der Waals surface area contributed by atoms with Gasteiger partial charge in [0, 0.05) is 37.8 Å². The van der Waals surface area contributed by atoms with Gasteiger partial charge in [-0.15, -0.1) is 0 Å². The van der Waals surface area contributed by atoms with Crippen molar-refractivity contribution in [3.8, 4) is 6.07 Å². The molecular weight excluding hydrogens is 307 g/mol. The number of halogens is 1. The summed E-state index contributed by atoms with van der Waals surface area (Å²) in [7, 11) is 0. The quantitative estimate of drug-likeness (QED) is 0.867. The van der Waals surface area contributed by atoms with Gasteiger partial charge in [-0.3, -0.25) is 0 Å². The molecule has 2 unspecified atom stereocenters. The van der Waals surface area contributed by atoms with Gasteiger partial charge in [-0.25, -0.2) is 9.37 Å². The zero-order chi connectivity index (χ0) is 16.7. The van der Waals surface area contributed by atoms with Gasteiger partial charge in [0.15, 0.2) is 0 Å². The standard InChI is InChI=1S/C18H19FN4O/c1-12-10-15(12)17-21-16(11-20)18(24-17)23-8-6-22(7-9-23)14-4-2-13(19)3-5-14/h2-5,12,15H,6-10H2,1H3. The Morgan fingerprint density at radius 2 is 1.79 bits per heavy atom. The van der Waals surface area contributed by atoms with E-state index in [0.717, 1.165) is 38.3 Å². The third-order valence-electron chi connectivity index (χ3n) is 4.92. The van der Waals surface area contributed by atoms with Crippen molar-refractivity contribution < 1.29 is 8.81 Å². The number of anilines is 2. The van der Waals surface area contributed by atoms with Crippen LogP contribution in [-0.2, 0) is 0 Å². The van der Waals surface area contributed by atoms with Crippen molar-refractivity contribution in [2.75, 3.05) is 36.0 Å². The molecule has 1 aromatic carbocycles. The highest BCUT2D eigenvalue weighted by molar-refractivity contribution is 5.52. The first-order chi connectivity index (χ1) is 11.7. The number of nitrogens with zero attached hydrogens (tertiary/aromatic N) is 4. The van der Waals surface area contributed by atoms with Crippen LogP contribution in [0.5, 0.6) is 0 Å². The lowest BCUT2D eigenvalue weighted by Gasteiger charge is -2.35. The van der Waals surface area contributed by atoms with Crippen molar-refractivity contribution in [1.29, 1.82) is 5.26 Å². The van der Waals surface area contributed by atoms with Crippen LogP contribution in [0.4, 0.5) is 16.0 Å². The highest BCUT2D eigenvalue weighted by Gasteiger charge is 2.39. The number of hydrogen-bond acceptors (Lipinski definition) is 5. The summed E-state index contributed by atoms with van der Waals surface area (Å²) in [5.41, 5.74) is 1.40. The van der Waals surface area contributed by atoms with Gasteiger partial charge in [-0.2, -0.15) is 5.26 Å². The third-order valence-corrected chi connectivity index (χ3v) is 4.92. The van der Waals surface area contributed by atoms with Gasteiger partial charge in [-0.05, 0) is 36.6 Å². The minimum atomic E-state index is -0.223. The molecule has 2 atom stereocenters. The summed E-state index contributed by atoms with van der Waals surface area (Å²) in [4.78, 5) is 8.67. The van der Waals surface area contributed by atoms with Gasteiger partial charge in [0.25, 0.3) is 0 Å². The number of hydrogen-bond donors (Lipinski definition) is 0. The van der Waals surface area contributed by atoms with Crippen LogP contribution in [0.3, 0.4) is 0 Å². The molecule has 24 heavy (non-hydrogen) atoms. The smallest absolute Gasteiger partial charge is 0.234 e. The largest absolute Gasteiger partial charge is 0.423 e. The molecule has 2 aromatic rings. The Hall–Kier alpha value is -2.55. The average molecular weight is 326 g/mol. The molecule has 2 fully saturated rings. The van der Waals surface area contributed by atoms with Crippen molar-refractivity contribution in [1.82, 2.24) is 4.98 Å². The predicted octanol–water partition coefficient (Wildman–Crippen LogP) is 3.14. The highest BCUT2D eigenvalue weighted by Crippen LogP contribution is 2.47. The van der Waals surface area contributed by atoms with Gasteiger partial charge >= 0.3 is 0 Å². The second kappa shape index (κ2) is 5.82. The number of rotatable bonds is 3. The van der Waals surface area contributed by atoms with Crippen molar-refractivity contribution >= 4 is 11.6 Å². The summed E-state index contributed by atoms with van der Waals surface area (Å²) in [6, 6.07) is 8.72. The Balaban J connectivity index is 1.47. The summed E-state index contributed by atoms with van der Waals surface area (Å²) >= 11 is 0. The Labute approximate surface area is 140 Å². The molecule has 0 amide bonds. The molecule has 0 bridgehead atoms. The maximum absolute atomic E-state index is 13.0. The van der Waals surface area contributed by atoms with Gasteiger partial charge in [-0.1, -0.05) is 6.92 Å². The molecule has 1 aliphatic heterocycles. The van der Waals surface area contributed by atoms with E-state index in [1.165, 1.54) is 12.1 Å². The lowest BCUT2D eigenvalue weighted by atomic mass is 10.2.